The van der Waals surface area contributed by atoms with Crippen LogP contribution in [0.3, 0.4) is 0 Å². The summed E-state index contributed by atoms with van der Waals surface area (Å²) in [5.41, 5.74) is 0.582. The third-order valence-corrected chi connectivity index (χ3v) is 4.63. The third kappa shape index (κ3) is 6.88. The molecule has 3 heterocycles. The Morgan fingerprint density at radius 2 is 1.97 bits per heavy atom. The number of aliphatic hydroxyl groups excluding tert-OH is 2. The second kappa shape index (κ2) is 11.1. The van der Waals surface area contributed by atoms with E-state index in [1.807, 2.05) is 20.8 Å². The Bertz CT molecular complexity index is 1050. The number of rotatable bonds is 11. The summed E-state index contributed by atoms with van der Waals surface area (Å²) in [6.07, 6.45) is 0.0751. The van der Waals surface area contributed by atoms with Gasteiger partial charge in [-0.2, -0.15) is 9.97 Å². The van der Waals surface area contributed by atoms with Gasteiger partial charge in [-0.3, -0.25) is 10.1 Å². The minimum absolute atomic E-state index is 0.0115. The molecule has 2 atom stereocenters. The van der Waals surface area contributed by atoms with Gasteiger partial charge in [-0.15, -0.1) is 5.10 Å². The van der Waals surface area contributed by atoms with Crippen LogP contribution in [-0.2, 0) is 0 Å². The molecule has 0 aliphatic heterocycles. The molecule has 3 aromatic rings. The van der Waals surface area contributed by atoms with Gasteiger partial charge >= 0.3 is 0 Å². The summed E-state index contributed by atoms with van der Waals surface area (Å²) in [5.74, 6) is 1.10. The predicted octanol–water partition coefficient (Wildman–Crippen LogP) is 2.86. The van der Waals surface area contributed by atoms with Crippen molar-refractivity contribution in [2.45, 2.75) is 39.0 Å². The number of hydrogen-bond donors (Lipinski definition) is 6. The van der Waals surface area contributed by atoms with Crippen molar-refractivity contribution in [3.05, 3.63) is 40.9 Å². The fourth-order valence-electron chi connectivity index (χ4n) is 2.70. The van der Waals surface area contributed by atoms with Crippen LogP contribution < -0.4 is 20.7 Å². The normalized spacial score (nSPS) is 13.0. The first-order valence-corrected chi connectivity index (χ1v) is 10.6. The third-order valence-electron chi connectivity index (χ3n) is 4.27. The number of H-pyrrole nitrogens is 1. The van der Waals surface area contributed by atoms with Gasteiger partial charge in [-0.1, -0.05) is 11.6 Å². The Hall–Kier alpha value is -3.22. The van der Waals surface area contributed by atoms with Crippen LogP contribution in [0.25, 0.3) is 0 Å². The highest BCUT2D eigenvalue weighted by atomic mass is 35.5. The van der Waals surface area contributed by atoms with Crippen LogP contribution in [0.4, 0.5) is 27.8 Å². The molecule has 0 radical (unpaired) electrons. The molecule has 0 aliphatic rings. The molecule has 3 rings (SSSR count). The number of nitrogens with one attached hydrogen (secondary N) is 4. The maximum Gasteiger partial charge on any atom is 0.234 e. The molecule has 33 heavy (non-hydrogen) atoms. The molecule has 0 aliphatic carbocycles. The van der Waals surface area contributed by atoms with Crippen molar-refractivity contribution in [3.63, 3.8) is 0 Å². The lowest BCUT2D eigenvalue weighted by Gasteiger charge is -2.18. The first kappa shape index (κ1) is 24.4. The van der Waals surface area contributed by atoms with Gasteiger partial charge in [0.1, 0.15) is 16.7 Å². The van der Waals surface area contributed by atoms with E-state index in [4.69, 9.17) is 21.4 Å². The highest BCUT2D eigenvalue weighted by Crippen LogP contribution is 2.32. The highest BCUT2D eigenvalue weighted by molar-refractivity contribution is 6.35. The molecule has 6 N–H and O–H groups in total. The molecular formula is C20H26ClFN8O3. The maximum absolute atomic E-state index is 13.2. The minimum atomic E-state index is -1.01. The lowest BCUT2D eigenvalue weighted by atomic mass is 10.2. The predicted molar refractivity (Wildman–Crippen MR) is 122 cm³/mol. The van der Waals surface area contributed by atoms with Crippen molar-refractivity contribution in [3.8, 4) is 5.88 Å². The van der Waals surface area contributed by atoms with E-state index in [0.29, 0.717) is 17.4 Å². The molecule has 0 amide bonds. The number of aromatic amines is 1. The molecule has 3 aromatic heterocycles. The SMILES string of the molecule is CC(C)Oc1cc(Nc2nc(NC(C)c3ccc(F)cn3)nc(NCC(O)CO)c2Cl)[nH]n1. The van der Waals surface area contributed by atoms with E-state index in [1.54, 1.807) is 12.1 Å². The topological polar surface area (TPSA) is 153 Å². The first-order chi connectivity index (χ1) is 15.7. The van der Waals surface area contributed by atoms with Crippen molar-refractivity contribution in [2.75, 3.05) is 29.1 Å². The van der Waals surface area contributed by atoms with E-state index >= 15 is 0 Å². The molecule has 0 aromatic carbocycles. The summed E-state index contributed by atoms with van der Waals surface area (Å²) in [7, 11) is 0. The molecule has 13 heteroatoms. The average Bonchev–Trinajstić information content (AvgIpc) is 3.20. The van der Waals surface area contributed by atoms with Gasteiger partial charge in [0.25, 0.3) is 0 Å². The molecular weight excluding hydrogens is 455 g/mol. The molecule has 0 saturated carbocycles. The fraction of sp³-hybridized carbons (Fsp3) is 0.400. The molecule has 0 fully saturated rings. The largest absolute Gasteiger partial charge is 0.474 e. The molecule has 0 bridgehead atoms. The number of pyridine rings is 1. The Kier molecular flexibility index (Phi) is 8.20. The zero-order valence-corrected chi connectivity index (χ0v) is 19.1. The van der Waals surface area contributed by atoms with Gasteiger partial charge in [0.15, 0.2) is 11.6 Å². The Balaban J connectivity index is 1.86. The fourth-order valence-corrected chi connectivity index (χ4v) is 2.90. The second-order valence-electron chi connectivity index (χ2n) is 7.45. The summed E-state index contributed by atoms with van der Waals surface area (Å²) < 4.78 is 18.7. The number of halogens is 2. The summed E-state index contributed by atoms with van der Waals surface area (Å²) in [6, 6.07) is 4.17. The zero-order chi connectivity index (χ0) is 24.0. The molecule has 178 valence electrons. The number of ether oxygens (including phenoxy) is 1. The molecule has 2 unspecified atom stereocenters. The number of aliphatic hydroxyl groups is 2. The van der Waals surface area contributed by atoms with E-state index in [0.717, 1.165) is 6.20 Å². The van der Waals surface area contributed by atoms with Gasteiger partial charge in [-0.05, 0) is 32.9 Å². The van der Waals surface area contributed by atoms with Crippen LogP contribution in [0.1, 0.15) is 32.5 Å². The van der Waals surface area contributed by atoms with Crippen LogP contribution in [0.5, 0.6) is 5.88 Å². The van der Waals surface area contributed by atoms with Gasteiger partial charge in [0.05, 0.1) is 36.7 Å². The monoisotopic (exact) mass is 480 g/mol. The quantitative estimate of drug-likeness (QED) is 0.241. The van der Waals surface area contributed by atoms with Crippen molar-refractivity contribution < 1.29 is 19.3 Å². The lowest BCUT2D eigenvalue weighted by molar-refractivity contribution is 0.105. The number of anilines is 4. The summed E-state index contributed by atoms with van der Waals surface area (Å²) in [5, 5.41) is 34.8. The van der Waals surface area contributed by atoms with Gasteiger partial charge in [0, 0.05) is 12.6 Å². The van der Waals surface area contributed by atoms with Crippen molar-refractivity contribution in [1.82, 2.24) is 25.1 Å². The van der Waals surface area contributed by atoms with E-state index in [1.165, 1.54) is 6.07 Å². The number of nitrogens with zero attached hydrogens (tertiary/aromatic N) is 4. The molecule has 0 saturated heterocycles. The van der Waals surface area contributed by atoms with Gasteiger partial charge in [0.2, 0.25) is 11.8 Å². The van der Waals surface area contributed by atoms with Crippen LogP contribution in [0.15, 0.2) is 24.4 Å². The Morgan fingerprint density at radius 1 is 1.21 bits per heavy atom. The number of hydrogen-bond acceptors (Lipinski definition) is 10. The smallest absolute Gasteiger partial charge is 0.234 e. The van der Waals surface area contributed by atoms with Crippen molar-refractivity contribution >= 4 is 35.0 Å². The highest BCUT2D eigenvalue weighted by Gasteiger charge is 2.17. The van der Waals surface area contributed by atoms with Gasteiger partial charge < -0.3 is 30.9 Å². The van der Waals surface area contributed by atoms with Crippen LogP contribution in [0, 0.1) is 5.82 Å². The second-order valence-corrected chi connectivity index (χ2v) is 7.83. The molecule has 11 nitrogen and oxygen atoms in total. The Morgan fingerprint density at radius 3 is 2.64 bits per heavy atom. The van der Waals surface area contributed by atoms with E-state index in [9.17, 15) is 9.50 Å². The zero-order valence-electron chi connectivity index (χ0n) is 18.3. The van der Waals surface area contributed by atoms with Gasteiger partial charge in [-0.25, -0.2) is 4.39 Å². The standard InChI is InChI=1S/C20H26ClFN8O3/c1-10(2)33-16-6-15(29-30-16)26-19-17(21)18(24-8-13(32)9-31)27-20(28-19)25-11(3)14-5-4-12(22)7-23-14/h4-7,10-11,13,31-32H,8-9H2,1-3H3,(H4,24,25,26,27,28,29,30). The Labute approximate surface area is 194 Å². The van der Waals surface area contributed by atoms with Crippen molar-refractivity contribution in [2.24, 2.45) is 0 Å². The van der Waals surface area contributed by atoms with Crippen LogP contribution in [-0.4, -0.2) is 60.7 Å². The summed E-state index contributed by atoms with van der Waals surface area (Å²) in [6.45, 7) is 5.18. The minimum Gasteiger partial charge on any atom is -0.474 e. The van der Waals surface area contributed by atoms with Crippen LogP contribution in [0.2, 0.25) is 5.02 Å². The maximum atomic E-state index is 13.2. The van der Waals surface area contributed by atoms with Crippen molar-refractivity contribution in [1.29, 1.82) is 0 Å². The average molecular weight is 481 g/mol. The van der Waals surface area contributed by atoms with E-state index < -0.39 is 18.5 Å². The lowest BCUT2D eigenvalue weighted by Crippen LogP contribution is -2.24. The molecule has 0 spiro atoms. The van der Waals surface area contributed by atoms with E-state index in [-0.39, 0.29) is 41.3 Å². The summed E-state index contributed by atoms with van der Waals surface area (Å²) in [4.78, 5) is 12.8. The summed E-state index contributed by atoms with van der Waals surface area (Å²) >= 11 is 6.48. The van der Waals surface area contributed by atoms with E-state index in [2.05, 4.69) is 41.1 Å². The first-order valence-electron chi connectivity index (χ1n) is 10.2. The number of aromatic nitrogens is 5. The van der Waals surface area contributed by atoms with Crippen LogP contribution >= 0.6 is 11.6 Å².